The highest BCUT2D eigenvalue weighted by atomic mass is 16.6. The van der Waals surface area contributed by atoms with Gasteiger partial charge < -0.3 is 18.8 Å². The SMILES string of the molecule is COc1ccc(-c2nnc([C@@H](C)OC(=O)c3ccc(N4CCCC4)c([N+](=O)[O-])c3)o2)cc1. The molecule has 1 fully saturated rings. The third-order valence-electron chi connectivity index (χ3n) is 5.26. The van der Waals surface area contributed by atoms with Gasteiger partial charge >= 0.3 is 5.97 Å². The number of ether oxygens (including phenoxy) is 2. The summed E-state index contributed by atoms with van der Waals surface area (Å²) in [5, 5.41) is 19.5. The number of nitro groups is 1. The summed E-state index contributed by atoms with van der Waals surface area (Å²) in [7, 11) is 1.57. The fourth-order valence-corrected chi connectivity index (χ4v) is 3.55. The number of nitro benzene ring substituents is 1. The molecule has 0 bridgehead atoms. The lowest BCUT2D eigenvalue weighted by Gasteiger charge is -2.18. The Kier molecular flexibility index (Phi) is 6.02. The molecule has 0 spiro atoms. The number of hydrogen-bond donors (Lipinski definition) is 0. The molecule has 0 unspecified atom stereocenters. The first-order valence-electron chi connectivity index (χ1n) is 10.2. The summed E-state index contributed by atoms with van der Waals surface area (Å²) in [6.45, 7) is 3.11. The van der Waals surface area contributed by atoms with Crippen molar-refractivity contribution in [2.24, 2.45) is 0 Å². The van der Waals surface area contributed by atoms with Crippen LogP contribution < -0.4 is 9.64 Å². The van der Waals surface area contributed by atoms with Crippen LogP contribution in [0.15, 0.2) is 46.9 Å². The summed E-state index contributed by atoms with van der Waals surface area (Å²) in [5.41, 5.74) is 1.17. The summed E-state index contributed by atoms with van der Waals surface area (Å²) >= 11 is 0. The standard InChI is InChI=1S/C22H22N4O6/c1-14(20-23-24-21(32-20)15-5-8-17(30-2)9-6-15)31-22(27)16-7-10-18(19(13-16)26(28)29)25-11-3-4-12-25/h5-10,13-14H,3-4,11-12H2,1-2H3/t14-/m1/s1. The minimum Gasteiger partial charge on any atom is -0.497 e. The number of nitrogens with zero attached hydrogens (tertiary/aromatic N) is 4. The van der Waals surface area contributed by atoms with E-state index >= 15 is 0 Å². The molecule has 0 aliphatic carbocycles. The zero-order valence-corrected chi connectivity index (χ0v) is 17.7. The zero-order valence-electron chi connectivity index (χ0n) is 17.7. The van der Waals surface area contributed by atoms with Crippen LogP contribution in [0, 0.1) is 10.1 Å². The van der Waals surface area contributed by atoms with Crippen LogP contribution in [0.25, 0.3) is 11.5 Å². The van der Waals surface area contributed by atoms with E-state index in [0.29, 0.717) is 17.0 Å². The second-order valence-corrected chi connectivity index (χ2v) is 7.38. The van der Waals surface area contributed by atoms with Gasteiger partial charge in [0.15, 0.2) is 6.10 Å². The van der Waals surface area contributed by atoms with E-state index < -0.39 is 17.0 Å². The lowest BCUT2D eigenvalue weighted by molar-refractivity contribution is -0.384. The lowest BCUT2D eigenvalue weighted by Crippen LogP contribution is -2.19. The zero-order chi connectivity index (χ0) is 22.7. The average molecular weight is 438 g/mol. The largest absolute Gasteiger partial charge is 0.497 e. The molecule has 3 aromatic rings. The maximum Gasteiger partial charge on any atom is 0.339 e. The normalized spacial score (nSPS) is 14.2. The van der Waals surface area contributed by atoms with Crippen LogP contribution in [0.3, 0.4) is 0 Å². The third-order valence-corrected chi connectivity index (χ3v) is 5.26. The molecule has 1 atom stereocenters. The molecule has 1 saturated heterocycles. The van der Waals surface area contributed by atoms with Crippen LogP contribution in [0.1, 0.15) is 42.1 Å². The molecule has 0 saturated carbocycles. The van der Waals surface area contributed by atoms with Crippen molar-refractivity contribution in [1.29, 1.82) is 0 Å². The molecule has 0 radical (unpaired) electrons. The Labute approximate surface area is 183 Å². The molecular formula is C22H22N4O6. The van der Waals surface area contributed by atoms with Crippen LogP contribution in [0.2, 0.25) is 0 Å². The van der Waals surface area contributed by atoms with Gasteiger partial charge in [0.2, 0.25) is 5.89 Å². The molecule has 1 aliphatic heterocycles. The third kappa shape index (κ3) is 4.39. The predicted molar refractivity (Wildman–Crippen MR) is 115 cm³/mol. The number of hydrogen-bond acceptors (Lipinski definition) is 9. The number of carbonyl (C=O) groups excluding carboxylic acids is 1. The molecule has 10 nitrogen and oxygen atoms in total. The second kappa shape index (κ2) is 9.04. The van der Waals surface area contributed by atoms with E-state index in [9.17, 15) is 14.9 Å². The molecule has 166 valence electrons. The van der Waals surface area contributed by atoms with Gasteiger partial charge in [0.25, 0.3) is 11.6 Å². The quantitative estimate of drug-likeness (QED) is 0.304. The molecule has 4 rings (SSSR count). The van der Waals surface area contributed by atoms with Crippen molar-refractivity contribution in [2.75, 3.05) is 25.1 Å². The number of aromatic nitrogens is 2. The van der Waals surface area contributed by atoms with E-state index in [1.165, 1.54) is 12.1 Å². The highest BCUT2D eigenvalue weighted by molar-refractivity contribution is 5.91. The van der Waals surface area contributed by atoms with Gasteiger partial charge in [-0.05, 0) is 56.2 Å². The monoisotopic (exact) mass is 438 g/mol. The molecule has 10 heteroatoms. The summed E-state index contributed by atoms with van der Waals surface area (Å²) < 4.78 is 16.2. The predicted octanol–water partition coefficient (Wildman–Crippen LogP) is 4.17. The lowest BCUT2D eigenvalue weighted by atomic mass is 10.1. The average Bonchev–Trinajstić information content (AvgIpc) is 3.51. The van der Waals surface area contributed by atoms with Crippen molar-refractivity contribution in [3.63, 3.8) is 0 Å². The van der Waals surface area contributed by atoms with E-state index in [-0.39, 0.29) is 23.0 Å². The highest BCUT2D eigenvalue weighted by Crippen LogP contribution is 2.32. The fourth-order valence-electron chi connectivity index (χ4n) is 3.55. The molecule has 0 amide bonds. The second-order valence-electron chi connectivity index (χ2n) is 7.38. The summed E-state index contributed by atoms with van der Waals surface area (Å²) in [4.78, 5) is 25.7. The van der Waals surface area contributed by atoms with Gasteiger partial charge in [-0.3, -0.25) is 10.1 Å². The van der Waals surface area contributed by atoms with E-state index in [1.807, 2.05) is 4.90 Å². The van der Waals surface area contributed by atoms with Crippen LogP contribution >= 0.6 is 0 Å². The van der Waals surface area contributed by atoms with Crippen molar-refractivity contribution in [3.8, 4) is 17.2 Å². The maximum atomic E-state index is 12.6. The van der Waals surface area contributed by atoms with Crippen LogP contribution in [-0.4, -0.2) is 41.3 Å². The number of anilines is 1. The Morgan fingerprint density at radius 1 is 1.16 bits per heavy atom. The molecule has 1 aliphatic rings. The van der Waals surface area contributed by atoms with E-state index in [4.69, 9.17) is 13.9 Å². The van der Waals surface area contributed by atoms with E-state index in [1.54, 1.807) is 44.4 Å². The Morgan fingerprint density at radius 3 is 2.53 bits per heavy atom. The van der Waals surface area contributed by atoms with E-state index in [0.717, 1.165) is 25.9 Å². The van der Waals surface area contributed by atoms with Gasteiger partial charge in [-0.15, -0.1) is 10.2 Å². The Bertz CT molecular complexity index is 1120. The van der Waals surface area contributed by atoms with Crippen LogP contribution in [0.4, 0.5) is 11.4 Å². The van der Waals surface area contributed by atoms with Crippen molar-refractivity contribution in [3.05, 3.63) is 64.0 Å². The number of benzene rings is 2. The number of esters is 1. The Balaban J connectivity index is 1.48. The molecule has 32 heavy (non-hydrogen) atoms. The molecular weight excluding hydrogens is 416 g/mol. The first kappa shape index (κ1) is 21.3. The Hall–Kier alpha value is -3.95. The topological polar surface area (TPSA) is 121 Å². The Morgan fingerprint density at radius 2 is 1.88 bits per heavy atom. The van der Waals surface area contributed by atoms with Crippen LogP contribution in [-0.2, 0) is 4.74 Å². The van der Waals surface area contributed by atoms with Crippen molar-refractivity contribution in [2.45, 2.75) is 25.9 Å². The first-order chi connectivity index (χ1) is 15.5. The summed E-state index contributed by atoms with van der Waals surface area (Å²) in [5.74, 6) is 0.377. The van der Waals surface area contributed by atoms with Crippen molar-refractivity contribution < 1.29 is 23.6 Å². The summed E-state index contributed by atoms with van der Waals surface area (Å²) in [6.07, 6.45) is 1.14. The van der Waals surface area contributed by atoms with Gasteiger partial charge in [-0.2, -0.15) is 0 Å². The number of carbonyl (C=O) groups is 1. The van der Waals surface area contributed by atoms with Crippen molar-refractivity contribution >= 4 is 17.3 Å². The van der Waals surface area contributed by atoms with Crippen LogP contribution in [0.5, 0.6) is 5.75 Å². The molecule has 1 aromatic heterocycles. The van der Waals surface area contributed by atoms with Gasteiger partial charge in [-0.1, -0.05) is 0 Å². The minimum atomic E-state index is -0.834. The van der Waals surface area contributed by atoms with Crippen molar-refractivity contribution in [1.82, 2.24) is 10.2 Å². The smallest absolute Gasteiger partial charge is 0.339 e. The van der Waals surface area contributed by atoms with Gasteiger partial charge in [-0.25, -0.2) is 4.79 Å². The maximum absolute atomic E-state index is 12.6. The molecule has 2 aromatic carbocycles. The highest BCUT2D eigenvalue weighted by Gasteiger charge is 2.26. The first-order valence-corrected chi connectivity index (χ1v) is 10.2. The fraction of sp³-hybridized carbons (Fsp3) is 0.318. The summed E-state index contributed by atoms with van der Waals surface area (Å²) in [6, 6.07) is 11.5. The number of methoxy groups -OCH3 is 1. The van der Waals surface area contributed by atoms with Gasteiger partial charge in [0.1, 0.15) is 11.4 Å². The number of rotatable bonds is 7. The molecule has 2 heterocycles. The minimum absolute atomic E-state index is 0.0846. The molecule has 0 N–H and O–H groups in total. The van der Waals surface area contributed by atoms with Gasteiger partial charge in [0.05, 0.1) is 17.6 Å². The van der Waals surface area contributed by atoms with Gasteiger partial charge in [0, 0.05) is 24.7 Å². The van der Waals surface area contributed by atoms with E-state index in [2.05, 4.69) is 10.2 Å².